The lowest BCUT2D eigenvalue weighted by molar-refractivity contribution is 0.0793. The molecule has 0 bridgehead atoms. The highest BCUT2D eigenvalue weighted by Gasteiger charge is 2.12. The number of aliphatic hydroxyl groups excluding tert-OH is 1. The quantitative estimate of drug-likeness (QED) is 0.185. The summed E-state index contributed by atoms with van der Waals surface area (Å²) >= 11 is 5.79. The molecule has 0 aliphatic rings. The number of carbonyl (C=O) groups is 1. The fourth-order valence-electron chi connectivity index (χ4n) is 3.11. The number of nitrogens with zero attached hydrogens (tertiary/aromatic N) is 7. The van der Waals surface area contributed by atoms with Gasteiger partial charge >= 0.3 is 0 Å². The summed E-state index contributed by atoms with van der Waals surface area (Å²) in [7, 11) is 1.81. The number of aromatic nitrogens is 4. The fraction of sp³-hybridized carbons (Fsp3) is 0.484. The van der Waals surface area contributed by atoms with Gasteiger partial charge in [0.05, 0.1) is 35.3 Å². The molecule has 3 aromatic heterocycles. The van der Waals surface area contributed by atoms with Crippen LogP contribution in [-0.2, 0) is 0 Å². The zero-order chi connectivity index (χ0) is 33.2. The molecular formula is C31H47N9O2S2. The van der Waals surface area contributed by atoms with Crippen molar-refractivity contribution in [3.05, 3.63) is 58.6 Å². The maximum absolute atomic E-state index is 12.3. The molecular weight excluding hydrogens is 595 g/mol. The van der Waals surface area contributed by atoms with E-state index in [4.69, 9.17) is 16.1 Å². The largest absolute Gasteiger partial charge is 0.401 e. The van der Waals surface area contributed by atoms with Crippen LogP contribution in [0, 0.1) is 17.2 Å². The minimum absolute atomic E-state index is 0.0210. The van der Waals surface area contributed by atoms with Gasteiger partial charge in [-0.25, -0.2) is 19.9 Å². The number of pyridine rings is 1. The number of thiol groups is 1. The maximum atomic E-state index is 12.3. The van der Waals surface area contributed by atoms with Crippen molar-refractivity contribution in [1.82, 2.24) is 24.8 Å². The SMILES string of the molecule is CC(C)C(C)O.CCCCN(C)C(=O)c1ccc(Nc2nc(/C(S)=C(\C)N)cs2)nc1.CCN(CC)c1ncc(C#N)cn1. The third-order valence-electron chi connectivity index (χ3n) is 6.34. The smallest absolute Gasteiger partial charge is 0.255 e. The van der Waals surface area contributed by atoms with Crippen LogP contribution in [0.5, 0.6) is 0 Å². The third-order valence-corrected chi connectivity index (χ3v) is 7.68. The highest BCUT2D eigenvalue weighted by atomic mass is 32.1. The van der Waals surface area contributed by atoms with Crippen molar-refractivity contribution in [2.45, 2.75) is 67.4 Å². The number of amides is 1. The van der Waals surface area contributed by atoms with Gasteiger partial charge in [0.25, 0.3) is 5.91 Å². The Labute approximate surface area is 271 Å². The normalized spacial score (nSPS) is 11.6. The lowest BCUT2D eigenvalue weighted by atomic mass is 10.1. The van der Waals surface area contributed by atoms with E-state index in [-0.39, 0.29) is 12.0 Å². The number of aliphatic hydroxyl groups is 1. The molecule has 1 amide bonds. The standard InChI is InChI=1S/C17H23N5OS2.C9H12N4.C5H12O/c1-4-5-8-22(3)16(23)12-6-7-14(19-9-12)21-17-20-13(10-25-17)15(24)11(2)18;1-3-13(4-2)9-11-6-8(5-10)7-12-9;1-4(2)5(3)6/h6-7,9-10,24H,4-5,8,18H2,1-3H3,(H,19,20,21);6-7H,3-4H2,1-2H3;4-6H,1-3H3/b15-11-;;. The van der Waals surface area contributed by atoms with E-state index >= 15 is 0 Å². The van der Waals surface area contributed by atoms with Crippen LogP contribution < -0.4 is 16.0 Å². The van der Waals surface area contributed by atoms with Crippen LogP contribution in [-0.4, -0.2) is 68.6 Å². The first-order valence-corrected chi connectivity index (χ1v) is 16.0. The topological polar surface area (TPSA) is 157 Å². The predicted octanol–water partition coefficient (Wildman–Crippen LogP) is 5.95. The second kappa shape index (κ2) is 20.3. The van der Waals surface area contributed by atoms with Crippen molar-refractivity contribution < 1.29 is 9.90 Å². The maximum Gasteiger partial charge on any atom is 0.255 e. The molecule has 4 N–H and O–H groups in total. The van der Waals surface area contributed by atoms with E-state index < -0.39 is 0 Å². The highest BCUT2D eigenvalue weighted by molar-refractivity contribution is 7.90. The molecule has 3 rings (SSSR count). The van der Waals surface area contributed by atoms with Crippen molar-refractivity contribution in [2.24, 2.45) is 11.7 Å². The number of nitrogens with two attached hydrogens (primary N) is 1. The Morgan fingerprint density at radius 1 is 1.14 bits per heavy atom. The van der Waals surface area contributed by atoms with E-state index in [1.165, 1.54) is 11.3 Å². The van der Waals surface area contributed by atoms with E-state index in [1.807, 2.05) is 51.1 Å². The highest BCUT2D eigenvalue weighted by Crippen LogP contribution is 2.26. The lowest BCUT2D eigenvalue weighted by Crippen LogP contribution is -2.27. The van der Waals surface area contributed by atoms with Crippen LogP contribution in [0.15, 0.2) is 41.8 Å². The summed E-state index contributed by atoms with van der Waals surface area (Å²) in [5.74, 6) is 1.70. The molecule has 0 spiro atoms. The van der Waals surface area contributed by atoms with E-state index in [0.717, 1.165) is 38.2 Å². The zero-order valence-electron chi connectivity index (χ0n) is 27.1. The molecule has 0 aliphatic heterocycles. The van der Waals surface area contributed by atoms with Crippen LogP contribution >= 0.6 is 24.0 Å². The first-order valence-electron chi connectivity index (χ1n) is 14.6. The van der Waals surface area contributed by atoms with E-state index in [0.29, 0.717) is 44.5 Å². The molecule has 0 aliphatic carbocycles. The van der Waals surface area contributed by atoms with Gasteiger partial charge in [-0.3, -0.25) is 4.79 Å². The number of thiazole rings is 1. The third kappa shape index (κ3) is 13.3. The van der Waals surface area contributed by atoms with Gasteiger partial charge in [0.2, 0.25) is 5.95 Å². The molecule has 3 heterocycles. The van der Waals surface area contributed by atoms with Gasteiger partial charge in [0.1, 0.15) is 11.9 Å². The van der Waals surface area contributed by atoms with Crippen LogP contribution in [0.3, 0.4) is 0 Å². The molecule has 0 saturated carbocycles. The predicted molar refractivity (Wildman–Crippen MR) is 184 cm³/mol. The summed E-state index contributed by atoms with van der Waals surface area (Å²) in [5, 5.41) is 22.9. The van der Waals surface area contributed by atoms with Crippen LogP contribution in [0.25, 0.3) is 4.91 Å². The van der Waals surface area contributed by atoms with Gasteiger partial charge in [-0.1, -0.05) is 27.2 Å². The Bertz CT molecular complexity index is 1320. The summed E-state index contributed by atoms with van der Waals surface area (Å²) in [6.45, 7) is 16.3. The van der Waals surface area contributed by atoms with E-state index in [9.17, 15) is 4.79 Å². The van der Waals surface area contributed by atoms with Crippen LogP contribution in [0.1, 0.15) is 82.9 Å². The van der Waals surface area contributed by atoms with Crippen LogP contribution in [0.2, 0.25) is 0 Å². The van der Waals surface area contributed by atoms with Crippen molar-refractivity contribution in [3.8, 4) is 6.07 Å². The summed E-state index contributed by atoms with van der Waals surface area (Å²) < 4.78 is 0. The molecule has 0 radical (unpaired) electrons. The monoisotopic (exact) mass is 641 g/mol. The average molecular weight is 642 g/mol. The summed E-state index contributed by atoms with van der Waals surface area (Å²) in [5.41, 5.74) is 8.14. The summed E-state index contributed by atoms with van der Waals surface area (Å²) in [6.07, 6.45) is 6.56. The summed E-state index contributed by atoms with van der Waals surface area (Å²) in [6, 6.07) is 5.52. The van der Waals surface area contributed by atoms with Gasteiger partial charge in [0.15, 0.2) is 5.13 Å². The zero-order valence-corrected chi connectivity index (χ0v) is 28.8. The van der Waals surface area contributed by atoms with Gasteiger partial charge in [-0.15, -0.1) is 24.0 Å². The first-order chi connectivity index (χ1) is 20.9. The second-order valence-electron chi connectivity index (χ2n) is 10.2. The number of unbranched alkanes of at least 4 members (excludes halogenated alkanes) is 1. The van der Waals surface area contributed by atoms with Gasteiger partial charge < -0.3 is 26.0 Å². The van der Waals surface area contributed by atoms with Crippen molar-refractivity contribution in [3.63, 3.8) is 0 Å². The minimum atomic E-state index is -0.148. The molecule has 44 heavy (non-hydrogen) atoms. The molecule has 3 aromatic rings. The number of carbonyl (C=O) groups excluding carboxylic acids is 1. The van der Waals surface area contributed by atoms with Crippen molar-refractivity contribution in [1.29, 1.82) is 5.26 Å². The fourth-order valence-corrected chi connectivity index (χ4v) is 4.02. The average Bonchev–Trinajstić information content (AvgIpc) is 3.49. The van der Waals surface area contributed by atoms with Crippen molar-refractivity contribution >= 4 is 51.7 Å². The number of allylic oxidation sites excluding steroid dienone is 1. The molecule has 0 fully saturated rings. The van der Waals surface area contributed by atoms with Crippen molar-refractivity contribution in [2.75, 3.05) is 36.9 Å². The van der Waals surface area contributed by atoms with Gasteiger partial charge in [-0.05, 0) is 52.2 Å². The lowest BCUT2D eigenvalue weighted by Gasteiger charge is -2.17. The Hall–Kier alpha value is -3.73. The number of rotatable bonds is 11. The molecule has 1 atom stereocenters. The molecule has 11 nitrogen and oxygen atoms in total. The number of anilines is 3. The first kappa shape index (κ1) is 38.3. The van der Waals surface area contributed by atoms with Gasteiger partial charge in [-0.2, -0.15) is 5.26 Å². The summed E-state index contributed by atoms with van der Waals surface area (Å²) in [4.78, 5) is 33.6. The van der Waals surface area contributed by atoms with Gasteiger partial charge in [0, 0.05) is 48.9 Å². The molecule has 0 saturated heterocycles. The molecule has 0 aromatic carbocycles. The number of hydrogen-bond donors (Lipinski definition) is 4. The Morgan fingerprint density at radius 3 is 2.20 bits per heavy atom. The molecule has 1 unspecified atom stereocenters. The number of nitriles is 1. The van der Waals surface area contributed by atoms with E-state index in [2.05, 4.69) is 44.8 Å². The number of nitrogens with one attached hydrogen (secondary N) is 1. The Kier molecular flexibility index (Phi) is 17.6. The minimum Gasteiger partial charge on any atom is -0.401 e. The molecule has 240 valence electrons. The van der Waals surface area contributed by atoms with Crippen LogP contribution in [0.4, 0.5) is 16.9 Å². The Balaban J connectivity index is 0.000000422. The number of hydrogen-bond acceptors (Lipinski definition) is 12. The Morgan fingerprint density at radius 2 is 1.75 bits per heavy atom. The van der Waals surface area contributed by atoms with E-state index in [1.54, 1.807) is 49.5 Å². The molecule has 13 heteroatoms. The second-order valence-corrected chi connectivity index (χ2v) is 11.6.